The van der Waals surface area contributed by atoms with Gasteiger partial charge in [0.2, 0.25) is 5.91 Å². The molecule has 0 aliphatic rings. The molecule has 108 valence electrons. The molecular formula is C17H15ClFNO. The van der Waals surface area contributed by atoms with E-state index in [1.165, 1.54) is 17.0 Å². The maximum atomic E-state index is 13.5. The van der Waals surface area contributed by atoms with Crippen LogP contribution in [0.5, 0.6) is 0 Å². The van der Waals surface area contributed by atoms with Crippen molar-refractivity contribution >= 4 is 23.6 Å². The van der Waals surface area contributed by atoms with Gasteiger partial charge < -0.3 is 4.90 Å². The van der Waals surface area contributed by atoms with Gasteiger partial charge in [0.05, 0.1) is 0 Å². The van der Waals surface area contributed by atoms with Crippen molar-refractivity contribution in [1.82, 2.24) is 4.90 Å². The van der Waals surface area contributed by atoms with E-state index in [1.54, 1.807) is 43.5 Å². The standard InChI is InChI=1S/C17H15ClFNO/c1-20(12-14-4-2-3-5-16(14)19)17(21)11-8-13-6-9-15(18)10-7-13/h2-11H,12H2,1H3/b11-8+. The smallest absolute Gasteiger partial charge is 0.246 e. The predicted molar refractivity (Wildman–Crippen MR) is 83.4 cm³/mol. The minimum atomic E-state index is -0.307. The number of amides is 1. The molecular weight excluding hydrogens is 289 g/mol. The van der Waals surface area contributed by atoms with Gasteiger partial charge in [-0.05, 0) is 29.8 Å². The Hall–Kier alpha value is -2.13. The topological polar surface area (TPSA) is 20.3 Å². The molecule has 0 saturated heterocycles. The highest BCUT2D eigenvalue weighted by atomic mass is 35.5. The molecule has 2 nitrogen and oxygen atoms in total. The lowest BCUT2D eigenvalue weighted by molar-refractivity contribution is -0.125. The Labute approximate surface area is 128 Å². The van der Waals surface area contributed by atoms with Crippen LogP contribution in [0, 0.1) is 5.82 Å². The first-order valence-corrected chi connectivity index (χ1v) is 6.86. The van der Waals surface area contributed by atoms with Gasteiger partial charge in [-0.3, -0.25) is 4.79 Å². The molecule has 0 atom stereocenters. The van der Waals surface area contributed by atoms with Gasteiger partial charge in [-0.2, -0.15) is 0 Å². The van der Waals surface area contributed by atoms with Crippen molar-refractivity contribution < 1.29 is 9.18 Å². The van der Waals surface area contributed by atoms with Crippen LogP contribution in [0.2, 0.25) is 5.02 Å². The van der Waals surface area contributed by atoms with Gasteiger partial charge in [0.1, 0.15) is 5.82 Å². The van der Waals surface area contributed by atoms with E-state index < -0.39 is 0 Å². The Kier molecular flexibility index (Phi) is 5.12. The van der Waals surface area contributed by atoms with Crippen LogP contribution in [0.1, 0.15) is 11.1 Å². The third-order valence-corrected chi connectivity index (χ3v) is 3.28. The van der Waals surface area contributed by atoms with Gasteiger partial charge in [0.15, 0.2) is 0 Å². The normalized spacial score (nSPS) is 10.8. The summed E-state index contributed by atoms with van der Waals surface area (Å²) in [4.78, 5) is 13.5. The molecule has 21 heavy (non-hydrogen) atoms. The predicted octanol–water partition coefficient (Wildman–Crippen LogP) is 4.15. The van der Waals surface area contributed by atoms with Gasteiger partial charge in [-0.15, -0.1) is 0 Å². The lowest BCUT2D eigenvalue weighted by Gasteiger charge is -2.15. The van der Waals surface area contributed by atoms with Crippen LogP contribution in [0.15, 0.2) is 54.6 Å². The van der Waals surface area contributed by atoms with E-state index >= 15 is 0 Å². The molecule has 0 spiro atoms. The van der Waals surface area contributed by atoms with E-state index in [-0.39, 0.29) is 18.3 Å². The lowest BCUT2D eigenvalue weighted by Crippen LogP contribution is -2.24. The number of hydrogen-bond donors (Lipinski definition) is 0. The summed E-state index contributed by atoms with van der Waals surface area (Å²) >= 11 is 5.80. The third-order valence-electron chi connectivity index (χ3n) is 3.03. The number of likely N-dealkylation sites (N-methyl/N-ethyl adjacent to an activating group) is 1. The van der Waals surface area contributed by atoms with Gasteiger partial charge in [0, 0.05) is 30.3 Å². The largest absolute Gasteiger partial charge is 0.338 e. The second-order valence-electron chi connectivity index (χ2n) is 4.67. The zero-order valence-corrected chi connectivity index (χ0v) is 12.3. The number of nitrogens with zero attached hydrogens (tertiary/aromatic N) is 1. The number of benzene rings is 2. The van der Waals surface area contributed by atoms with Crippen LogP contribution >= 0.6 is 11.6 Å². The van der Waals surface area contributed by atoms with Gasteiger partial charge in [0.25, 0.3) is 0 Å². The molecule has 0 aliphatic carbocycles. The molecule has 2 aromatic carbocycles. The van der Waals surface area contributed by atoms with Crippen LogP contribution < -0.4 is 0 Å². The molecule has 0 aromatic heterocycles. The summed E-state index contributed by atoms with van der Waals surface area (Å²) in [5.74, 6) is -0.493. The highest BCUT2D eigenvalue weighted by Crippen LogP contribution is 2.12. The Balaban J connectivity index is 1.99. The first kappa shape index (κ1) is 15.3. The molecule has 1 amide bonds. The molecule has 0 heterocycles. The Morgan fingerprint density at radius 3 is 2.52 bits per heavy atom. The van der Waals surface area contributed by atoms with E-state index in [2.05, 4.69) is 0 Å². The summed E-state index contributed by atoms with van der Waals surface area (Å²) in [5, 5.41) is 0.648. The van der Waals surface area contributed by atoms with Crippen LogP contribution in [-0.4, -0.2) is 17.9 Å². The molecule has 0 fully saturated rings. The zero-order chi connectivity index (χ0) is 15.2. The first-order valence-electron chi connectivity index (χ1n) is 6.48. The summed E-state index contributed by atoms with van der Waals surface area (Å²) < 4.78 is 13.5. The van der Waals surface area contributed by atoms with E-state index in [4.69, 9.17) is 11.6 Å². The molecule has 4 heteroatoms. The molecule has 2 rings (SSSR count). The van der Waals surface area contributed by atoms with E-state index in [9.17, 15) is 9.18 Å². The van der Waals surface area contributed by atoms with E-state index in [0.29, 0.717) is 10.6 Å². The maximum Gasteiger partial charge on any atom is 0.246 e. The number of hydrogen-bond acceptors (Lipinski definition) is 1. The quantitative estimate of drug-likeness (QED) is 0.777. The lowest BCUT2D eigenvalue weighted by atomic mass is 10.2. The average Bonchev–Trinajstić information content (AvgIpc) is 2.48. The van der Waals surface area contributed by atoms with Crippen molar-refractivity contribution in [1.29, 1.82) is 0 Å². The molecule has 0 saturated carbocycles. The maximum absolute atomic E-state index is 13.5. The number of carbonyl (C=O) groups is 1. The molecule has 0 N–H and O–H groups in total. The fourth-order valence-corrected chi connectivity index (χ4v) is 1.95. The molecule has 0 unspecified atom stereocenters. The number of carbonyl (C=O) groups excluding carboxylic acids is 1. The van der Waals surface area contributed by atoms with Crippen LogP contribution in [0.25, 0.3) is 6.08 Å². The van der Waals surface area contributed by atoms with Crippen LogP contribution in [0.3, 0.4) is 0 Å². The Morgan fingerprint density at radius 2 is 1.86 bits per heavy atom. The summed E-state index contributed by atoms with van der Waals surface area (Å²) in [5.41, 5.74) is 1.38. The minimum absolute atomic E-state index is 0.187. The monoisotopic (exact) mass is 303 g/mol. The average molecular weight is 304 g/mol. The molecule has 2 aromatic rings. The highest BCUT2D eigenvalue weighted by molar-refractivity contribution is 6.30. The molecule has 0 bridgehead atoms. The van der Waals surface area contributed by atoms with E-state index in [1.807, 2.05) is 12.1 Å². The second kappa shape index (κ2) is 7.04. The first-order chi connectivity index (χ1) is 10.1. The van der Waals surface area contributed by atoms with Crippen molar-refractivity contribution in [3.63, 3.8) is 0 Å². The van der Waals surface area contributed by atoms with Crippen molar-refractivity contribution in [3.8, 4) is 0 Å². The van der Waals surface area contributed by atoms with Crippen molar-refractivity contribution in [2.75, 3.05) is 7.05 Å². The SMILES string of the molecule is CN(Cc1ccccc1F)C(=O)/C=C/c1ccc(Cl)cc1. The second-order valence-corrected chi connectivity index (χ2v) is 5.11. The van der Waals surface area contributed by atoms with E-state index in [0.717, 1.165) is 5.56 Å². The van der Waals surface area contributed by atoms with Gasteiger partial charge >= 0.3 is 0 Å². The number of rotatable bonds is 4. The molecule has 0 radical (unpaired) electrons. The summed E-state index contributed by atoms with van der Waals surface area (Å²) in [6.45, 7) is 0.233. The van der Waals surface area contributed by atoms with Crippen molar-refractivity contribution in [3.05, 3.63) is 76.6 Å². The van der Waals surface area contributed by atoms with Gasteiger partial charge in [-0.1, -0.05) is 41.9 Å². The summed E-state index contributed by atoms with van der Waals surface area (Å²) in [7, 11) is 1.64. The zero-order valence-electron chi connectivity index (χ0n) is 11.6. The van der Waals surface area contributed by atoms with Crippen LogP contribution in [0.4, 0.5) is 4.39 Å². The van der Waals surface area contributed by atoms with Crippen molar-refractivity contribution in [2.24, 2.45) is 0 Å². The summed E-state index contributed by atoms with van der Waals surface area (Å²) in [6, 6.07) is 13.6. The Bertz CT molecular complexity index is 652. The third kappa shape index (κ3) is 4.43. The fourth-order valence-electron chi connectivity index (χ4n) is 1.83. The van der Waals surface area contributed by atoms with Gasteiger partial charge in [-0.25, -0.2) is 4.39 Å². The van der Waals surface area contributed by atoms with Crippen LogP contribution in [-0.2, 0) is 11.3 Å². The fraction of sp³-hybridized carbons (Fsp3) is 0.118. The molecule has 0 aliphatic heterocycles. The Morgan fingerprint density at radius 1 is 1.19 bits per heavy atom. The summed E-state index contributed by atoms with van der Waals surface area (Å²) in [6.07, 6.45) is 3.17. The van der Waals surface area contributed by atoms with Crippen molar-refractivity contribution in [2.45, 2.75) is 6.54 Å². The highest BCUT2D eigenvalue weighted by Gasteiger charge is 2.08. The minimum Gasteiger partial charge on any atom is -0.338 e. The number of halogens is 2.